The topological polar surface area (TPSA) is 63.4 Å². The summed E-state index contributed by atoms with van der Waals surface area (Å²) in [4.78, 5) is 0.251. The summed E-state index contributed by atoms with van der Waals surface area (Å²) in [6, 6.07) is 4.53. The Labute approximate surface area is 133 Å². The smallest absolute Gasteiger partial charge is 0.243 e. The highest BCUT2D eigenvalue weighted by Gasteiger charge is 2.36. The molecule has 1 heterocycles. The van der Waals surface area contributed by atoms with Crippen LogP contribution in [0.15, 0.2) is 27.6 Å². The third kappa shape index (κ3) is 3.04. The summed E-state index contributed by atoms with van der Waals surface area (Å²) in [5.74, 6) is 0.277. The number of piperidine rings is 1. The van der Waals surface area contributed by atoms with E-state index in [0.717, 1.165) is 12.8 Å². The predicted octanol–water partition coefficient (Wildman–Crippen LogP) is 2.85. The third-order valence-electron chi connectivity index (χ3n) is 3.80. The lowest BCUT2D eigenvalue weighted by atomic mass is 9.93. The fourth-order valence-electron chi connectivity index (χ4n) is 2.63. The second-order valence-corrected chi connectivity index (χ2v) is 8.27. The summed E-state index contributed by atoms with van der Waals surface area (Å²) in [7, 11) is -3.53. The maximum Gasteiger partial charge on any atom is 0.243 e. The van der Waals surface area contributed by atoms with Crippen LogP contribution in [0.4, 0.5) is 0 Å². The first kappa shape index (κ1) is 16.2. The molecule has 1 aromatic rings. The van der Waals surface area contributed by atoms with Gasteiger partial charge in [0.1, 0.15) is 0 Å². The van der Waals surface area contributed by atoms with Gasteiger partial charge in [-0.3, -0.25) is 0 Å². The lowest BCUT2D eigenvalue weighted by molar-refractivity contribution is 0.192. The summed E-state index contributed by atoms with van der Waals surface area (Å²) >= 11 is 9.19. The van der Waals surface area contributed by atoms with E-state index in [1.807, 2.05) is 0 Å². The molecule has 112 valence electrons. The Morgan fingerprint density at radius 1 is 1.50 bits per heavy atom. The van der Waals surface area contributed by atoms with E-state index in [0.29, 0.717) is 22.6 Å². The fraction of sp³-hybridized carbons (Fsp3) is 0.538. The molecule has 2 atom stereocenters. The fourth-order valence-corrected chi connectivity index (χ4v) is 5.08. The highest BCUT2D eigenvalue weighted by atomic mass is 79.9. The van der Waals surface area contributed by atoms with E-state index in [4.69, 9.17) is 17.3 Å². The summed E-state index contributed by atoms with van der Waals surface area (Å²) in [5.41, 5.74) is 5.78. The minimum atomic E-state index is -3.53. The largest absolute Gasteiger partial charge is 0.329 e. The van der Waals surface area contributed by atoms with E-state index in [1.54, 1.807) is 12.1 Å². The van der Waals surface area contributed by atoms with Crippen LogP contribution < -0.4 is 5.73 Å². The minimum Gasteiger partial charge on any atom is -0.329 e. The summed E-state index contributed by atoms with van der Waals surface area (Å²) in [6.45, 7) is 2.92. The van der Waals surface area contributed by atoms with Gasteiger partial charge in [-0.2, -0.15) is 4.31 Å². The maximum atomic E-state index is 12.8. The van der Waals surface area contributed by atoms with Gasteiger partial charge in [-0.25, -0.2) is 8.42 Å². The molecule has 0 bridgehead atoms. The van der Waals surface area contributed by atoms with E-state index in [1.165, 1.54) is 10.4 Å². The highest BCUT2D eigenvalue weighted by Crippen LogP contribution is 2.31. The van der Waals surface area contributed by atoms with Crippen LogP contribution in [-0.2, 0) is 10.0 Å². The van der Waals surface area contributed by atoms with Gasteiger partial charge in [0.15, 0.2) is 0 Å². The number of nitrogens with two attached hydrogens (primary N) is 1. The van der Waals surface area contributed by atoms with Gasteiger partial charge >= 0.3 is 0 Å². The number of hydrogen-bond donors (Lipinski definition) is 1. The van der Waals surface area contributed by atoms with Gasteiger partial charge in [0.05, 0.1) is 9.92 Å². The van der Waals surface area contributed by atoms with Gasteiger partial charge in [-0.05, 0) is 52.9 Å². The summed E-state index contributed by atoms with van der Waals surface area (Å²) in [6.07, 6.45) is 1.88. The molecule has 0 aromatic heterocycles. The highest BCUT2D eigenvalue weighted by molar-refractivity contribution is 9.10. The molecule has 7 heteroatoms. The van der Waals surface area contributed by atoms with Crippen molar-refractivity contribution in [1.82, 2.24) is 4.31 Å². The van der Waals surface area contributed by atoms with E-state index < -0.39 is 10.0 Å². The molecule has 2 N–H and O–H groups in total. The predicted molar refractivity (Wildman–Crippen MR) is 84.3 cm³/mol. The Balaban J connectivity index is 2.40. The number of halogens is 2. The van der Waals surface area contributed by atoms with Gasteiger partial charge in [0, 0.05) is 23.6 Å². The maximum absolute atomic E-state index is 12.8. The first-order valence-electron chi connectivity index (χ1n) is 6.55. The second kappa shape index (κ2) is 6.32. The van der Waals surface area contributed by atoms with E-state index in [9.17, 15) is 8.42 Å². The van der Waals surface area contributed by atoms with Crippen molar-refractivity contribution < 1.29 is 8.42 Å². The molecular formula is C13H18BrClN2O2S. The molecule has 4 nitrogen and oxygen atoms in total. The van der Waals surface area contributed by atoms with Crippen LogP contribution in [0.25, 0.3) is 0 Å². The van der Waals surface area contributed by atoms with Gasteiger partial charge in [0.2, 0.25) is 10.0 Å². The van der Waals surface area contributed by atoms with Crippen molar-refractivity contribution in [2.24, 2.45) is 11.7 Å². The molecule has 0 spiro atoms. The lowest BCUT2D eigenvalue weighted by Crippen LogP contribution is -2.51. The van der Waals surface area contributed by atoms with Crippen molar-refractivity contribution in [2.45, 2.75) is 30.7 Å². The molecule has 0 aliphatic carbocycles. The molecule has 2 unspecified atom stereocenters. The number of sulfonamides is 1. The Kier molecular flexibility index (Phi) is 5.13. The van der Waals surface area contributed by atoms with Gasteiger partial charge in [-0.15, -0.1) is 0 Å². The Morgan fingerprint density at radius 3 is 2.80 bits per heavy atom. The van der Waals surface area contributed by atoms with E-state index in [2.05, 4.69) is 22.9 Å². The molecule has 1 aromatic carbocycles. The van der Waals surface area contributed by atoms with Crippen LogP contribution in [0.1, 0.15) is 19.8 Å². The molecule has 1 aliphatic heterocycles. The SMILES string of the molecule is CC1CCCN(S(=O)(=O)c2ccc(Cl)c(Br)c2)C1CN. The first-order chi connectivity index (χ1) is 9.37. The van der Waals surface area contributed by atoms with Crippen LogP contribution in [0.2, 0.25) is 5.02 Å². The molecule has 0 amide bonds. The number of hydrogen-bond acceptors (Lipinski definition) is 3. The Hall–Kier alpha value is -0.140. The van der Waals surface area contributed by atoms with Crippen LogP contribution in [0.5, 0.6) is 0 Å². The standard InChI is InChI=1S/C13H18BrClN2O2S/c1-9-3-2-6-17(13(9)8-16)20(18,19)10-4-5-12(15)11(14)7-10/h4-5,7,9,13H,2-3,6,8,16H2,1H3. The molecule has 0 radical (unpaired) electrons. The van der Waals surface area contributed by atoms with Crippen LogP contribution >= 0.6 is 27.5 Å². The van der Waals surface area contributed by atoms with E-state index in [-0.39, 0.29) is 16.9 Å². The van der Waals surface area contributed by atoms with Crippen molar-refractivity contribution >= 4 is 37.6 Å². The van der Waals surface area contributed by atoms with Gasteiger partial charge in [0.25, 0.3) is 0 Å². The zero-order valence-electron chi connectivity index (χ0n) is 11.2. The van der Waals surface area contributed by atoms with Crippen molar-refractivity contribution in [1.29, 1.82) is 0 Å². The zero-order chi connectivity index (χ0) is 14.9. The van der Waals surface area contributed by atoms with Gasteiger partial charge in [-0.1, -0.05) is 18.5 Å². The minimum absolute atomic E-state index is 0.136. The number of benzene rings is 1. The molecule has 1 saturated heterocycles. The van der Waals surface area contributed by atoms with Crippen LogP contribution in [0, 0.1) is 5.92 Å². The van der Waals surface area contributed by atoms with E-state index >= 15 is 0 Å². The molecular weight excluding hydrogens is 364 g/mol. The second-order valence-electron chi connectivity index (χ2n) is 5.11. The van der Waals surface area contributed by atoms with Crippen molar-refractivity contribution in [3.05, 3.63) is 27.7 Å². The Bertz CT molecular complexity index is 594. The monoisotopic (exact) mass is 380 g/mol. The van der Waals surface area contributed by atoms with Crippen molar-refractivity contribution in [3.8, 4) is 0 Å². The summed E-state index contributed by atoms with van der Waals surface area (Å²) < 4.78 is 27.7. The van der Waals surface area contributed by atoms with Crippen molar-refractivity contribution in [3.63, 3.8) is 0 Å². The third-order valence-corrected chi connectivity index (χ3v) is 6.94. The number of nitrogens with zero attached hydrogens (tertiary/aromatic N) is 1. The molecule has 1 aliphatic rings. The zero-order valence-corrected chi connectivity index (χ0v) is 14.4. The molecule has 0 saturated carbocycles. The van der Waals surface area contributed by atoms with Gasteiger partial charge < -0.3 is 5.73 Å². The average molecular weight is 382 g/mol. The lowest BCUT2D eigenvalue weighted by Gasteiger charge is -2.38. The van der Waals surface area contributed by atoms with Crippen molar-refractivity contribution in [2.75, 3.05) is 13.1 Å². The summed E-state index contributed by atoms with van der Waals surface area (Å²) in [5, 5.41) is 0.492. The molecule has 20 heavy (non-hydrogen) atoms. The molecule has 2 rings (SSSR count). The quantitative estimate of drug-likeness (QED) is 0.875. The first-order valence-corrected chi connectivity index (χ1v) is 9.16. The average Bonchev–Trinajstić information content (AvgIpc) is 2.41. The Morgan fingerprint density at radius 2 is 2.20 bits per heavy atom. The molecule has 1 fully saturated rings. The normalized spacial score (nSPS) is 24.8. The van der Waals surface area contributed by atoms with Crippen LogP contribution in [0.3, 0.4) is 0 Å². The van der Waals surface area contributed by atoms with Crippen LogP contribution in [-0.4, -0.2) is 31.9 Å². The number of rotatable bonds is 3.